The van der Waals surface area contributed by atoms with Crippen molar-refractivity contribution in [2.45, 2.75) is 27.2 Å². The fraction of sp³-hybridized carbons (Fsp3) is 0.389. The molecule has 2 rings (SSSR count). The van der Waals surface area contributed by atoms with Crippen molar-refractivity contribution in [1.29, 1.82) is 0 Å². The van der Waals surface area contributed by atoms with E-state index in [9.17, 15) is 9.59 Å². The Kier molecular flexibility index (Phi) is 8.71. The molecule has 0 aliphatic heterocycles. The fourth-order valence-corrected chi connectivity index (χ4v) is 3.29. The predicted molar refractivity (Wildman–Crippen MR) is 108 cm³/mol. The van der Waals surface area contributed by atoms with E-state index in [1.165, 1.54) is 16.2 Å². The van der Waals surface area contributed by atoms with E-state index in [4.69, 9.17) is 5.73 Å². The number of carbonyl (C=O) groups is 2. The summed E-state index contributed by atoms with van der Waals surface area (Å²) >= 11 is 1.42. The highest BCUT2D eigenvalue weighted by molar-refractivity contribution is 7.09. The van der Waals surface area contributed by atoms with E-state index in [0.29, 0.717) is 25.2 Å². The minimum atomic E-state index is -0.237. The number of rotatable bonds is 7. The number of likely N-dealkylation sites (N-methyl/N-ethyl adjacent to an activating group) is 1. The molecule has 0 aliphatic carbocycles. The predicted octanol–water partition coefficient (Wildman–Crippen LogP) is 2.78. The molecule has 1 aromatic carbocycles. The van der Waals surface area contributed by atoms with Gasteiger partial charge in [0, 0.05) is 24.0 Å². The van der Waals surface area contributed by atoms with Gasteiger partial charge in [0.15, 0.2) is 0 Å². The van der Waals surface area contributed by atoms with Crippen molar-refractivity contribution in [1.82, 2.24) is 9.88 Å². The van der Waals surface area contributed by atoms with Crippen molar-refractivity contribution in [3.05, 3.63) is 45.4 Å². The topological polar surface area (TPSA) is 88.3 Å². The summed E-state index contributed by atoms with van der Waals surface area (Å²) in [6.07, 6.45) is 0.650. The van der Waals surface area contributed by atoms with Gasteiger partial charge < -0.3 is 16.0 Å². The van der Waals surface area contributed by atoms with Crippen LogP contribution in [0, 0.1) is 13.8 Å². The molecule has 0 saturated carbocycles. The third-order valence-electron chi connectivity index (χ3n) is 3.88. The Balaban J connectivity index is 0.00000338. The summed E-state index contributed by atoms with van der Waals surface area (Å²) in [4.78, 5) is 30.8. The van der Waals surface area contributed by atoms with E-state index in [1.807, 2.05) is 39.0 Å². The van der Waals surface area contributed by atoms with Gasteiger partial charge >= 0.3 is 0 Å². The Hall–Kier alpha value is -1.96. The minimum Gasteiger partial charge on any atom is -0.330 e. The van der Waals surface area contributed by atoms with Crippen LogP contribution in [-0.2, 0) is 11.2 Å². The number of hydrogen-bond donors (Lipinski definition) is 2. The highest BCUT2D eigenvalue weighted by Crippen LogP contribution is 2.19. The largest absolute Gasteiger partial charge is 0.330 e. The third-order valence-corrected chi connectivity index (χ3v) is 4.79. The molecule has 2 aromatic rings. The molecule has 0 atom stereocenters. The molecule has 0 fully saturated rings. The number of halogens is 1. The number of benzene rings is 1. The lowest BCUT2D eigenvalue weighted by Gasteiger charge is -2.20. The smallest absolute Gasteiger partial charge is 0.273 e. The molecule has 1 heterocycles. The Morgan fingerprint density at radius 2 is 1.92 bits per heavy atom. The fourth-order valence-electron chi connectivity index (χ4n) is 2.50. The zero-order valence-corrected chi connectivity index (χ0v) is 16.9. The van der Waals surface area contributed by atoms with Crippen LogP contribution in [0.15, 0.2) is 23.6 Å². The lowest BCUT2D eigenvalue weighted by atomic mass is 10.1. The maximum absolute atomic E-state index is 12.6. The van der Waals surface area contributed by atoms with Crippen LogP contribution >= 0.6 is 23.7 Å². The molecule has 2 amide bonds. The number of thiazole rings is 1. The van der Waals surface area contributed by atoms with Crippen LogP contribution in [0.5, 0.6) is 0 Å². The van der Waals surface area contributed by atoms with Crippen LogP contribution in [0.1, 0.15) is 33.5 Å². The highest BCUT2D eigenvalue weighted by atomic mass is 35.5. The number of nitrogens with one attached hydrogen (secondary N) is 1. The van der Waals surface area contributed by atoms with Gasteiger partial charge in [-0.2, -0.15) is 0 Å². The van der Waals surface area contributed by atoms with Gasteiger partial charge in [0.1, 0.15) is 12.2 Å². The van der Waals surface area contributed by atoms with Crippen LogP contribution in [0.4, 0.5) is 5.69 Å². The van der Waals surface area contributed by atoms with Gasteiger partial charge in [-0.15, -0.1) is 23.7 Å². The van der Waals surface area contributed by atoms with Gasteiger partial charge in [0.05, 0.1) is 5.01 Å². The van der Waals surface area contributed by atoms with Crippen molar-refractivity contribution < 1.29 is 9.59 Å². The molecule has 3 N–H and O–H groups in total. The maximum Gasteiger partial charge on any atom is 0.273 e. The van der Waals surface area contributed by atoms with E-state index < -0.39 is 0 Å². The lowest BCUT2D eigenvalue weighted by molar-refractivity contribution is -0.116. The zero-order valence-electron chi connectivity index (χ0n) is 15.2. The van der Waals surface area contributed by atoms with E-state index in [2.05, 4.69) is 10.3 Å². The molecule has 1 aromatic heterocycles. The van der Waals surface area contributed by atoms with Gasteiger partial charge in [-0.25, -0.2) is 4.98 Å². The number of hydrogen-bond acceptors (Lipinski definition) is 5. The summed E-state index contributed by atoms with van der Waals surface area (Å²) in [5.74, 6) is -0.455. The van der Waals surface area contributed by atoms with Crippen LogP contribution in [-0.4, -0.2) is 41.3 Å². The molecule has 142 valence electrons. The number of nitrogens with zero attached hydrogens (tertiary/aromatic N) is 2. The molecule has 6 nitrogen and oxygen atoms in total. The van der Waals surface area contributed by atoms with E-state index >= 15 is 0 Å². The number of carbonyl (C=O) groups excluding carboxylic acids is 2. The molecule has 0 spiro atoms. The molecular weight excluding hydrogens is 372 g/mol. The van der Waals surface area contributed by atoms with Crippen molar-refractivity contribution in [3.8, 4) is 0 Å². The SMILES string of the molecule is CCN(CC(=O)Nc1c(C)cccc1C)C(=O)c1csc(CCN)n1.Cl. The van der Waals surface area contributed by atoms with Gasteiger partial charge in [-0.1, -0.05) is 18.2 Å². The average Bonchev–Trinajstić information content (AvgIpc) is 3.04. The maximum atomic E-state index is 12.6. The Labute approximate surface area is 164 Å². The van der Waals surface area contributed by atoms with Gasteiger partial charge in [-0.05, 0) is 38.4 Å². The van der Waals surface area contributed by atoms with E-state index in [-0.39, 0.29) is 30.8 Å². The lowest BCUT2D eigenvalue weighted by Crippen LogP contribution is -2.38. The molecule has 26 heavy (non-hydrogen) atoms. The Bertz CT molecular complexity index is 743. The van der Waals surface area contributed by atoms with Crippen LogP contribution in [0.3, 0.4) is 0 Å². The second kappa shape index (κ2) is 10.3. The van der Waals surface area contributed by atoms with E-state index in [1.54, 1.807) is 5.38 Å². The summed E-state index contributed by atoms with van der Waals surface area (Å²) in [7, 11) is 0. The molecule has 0 radical (unpaired) electrons. The standard InChI is InChI=1S/C18H24N4O2S.ClH/c1-4-22(18(24)14-11-25-16(20-14)8-9-19)10-15(23)21-17-12(2)6-5-7-13(17)3;/h5-7,11H,4,8-10,19H2,1-3H3,(H,21,23);1H. The summed E-state index contributed by atoms with van der Waals surface area (Å²) in [6.45, 7) is 6.66. The van der Waals surface area contributed by atoms with Crippen molar-refractivity contribution >= 4 is 41.2 Å². The molecule has 0 saturated heterocycles. The van der Waals surface area contributed by atoms with Gasteiger partial charge in [0.25, 0.3) is 5.91 Å². The number of nitrogens with two attached hydrogens (primary N) is 1. The third kappa shape index (κ3) is 5.52. The molecule has 8 heteroatoms. The quantitative estimate of drug-likeness (QED) is 0.753. The number of anilines is 1. The van der Waals surface area contributed by atoms with Gasteiger partial charge in [0.2, 0.25) is 5.91 Å². The highest BCUT2D eigenvalue weighted by Gasteiger charge is 2.20. The molecule has 0 bridgehead atoms. The first-order valence-corrected chi connectivity index (χ1v) is 9.14. The van der Waals surface area contributed by atoms with Crippen LogP contribution < -0.4 is 11.1 Å². The van der Waals surface area contributed by atoms with Crippen LogP contribution in [0.25, 0.3) is 0 Å². The Morgan fingerprint density at radius 3 is 2.50 bits per heavy atom. The normalized spacial score (nSPS) is 10.2. The van der Waals surface area contributed by atoms with Gasteiger partial charge in [-0.3, -0.25) is 9.59 Å². The number of aryl methyl sites for hydroxylation is 2. The first kappa shape index (κ1) is 22.1. The molecule has 0 unspecified atom stereocenters. The van der Waals surface area contributed by atoms with Crippen molar-refractivity contribution in [3.63, 3.8) is 0 Å². The second-order valence-electron chi connectivity index (χ2n) is 5.80. The monoisotopic (exact) mass is 396 g/mol. The Morgan fingerprint density at radius 1 is 1.27 bits per heavy atom. The number of para-hydroxylation sites is 1. The molecular formula is C18H25ClN4O2S. The summed E-state index contributed by atoms with van der Waals surface area (Å²) in [5.41, 5.74) is 8.67. The average molecular weight is 397 g/mol. The summed E-state index contributed by atoms with van der Waals surface area (Å²) in [5, 5.41) is 5.46. The number of amides is 2. The zero-order chi connectivity index (χ0) is 18.4. The first-order valence-electron chi connectivity index (χ1n) is 8.26. The molecule has 0 aliphatic rings. The number of aromatic nitrogens is 1. The van der Waals surface area contributed by atoms with Crippen LogP contribution in [0.2, 0.25) is 0 Å². The van der Waals surface area contributed by atoms with Crippen molar-refractivity contribution in [2.75, 3.05) is 25.0 Å². The first-order chi connectivity index (χ1) is 12.0. The summed E-state index contributed by atoms with van der Waals surface area (Å²) in [6, 6.07) is 5.84. The minimum absolute atomic E-state index is 0. The van der Waals surface area contributed by atoms with E-state index in [0.717, 1.165) is 21.8 Å². The summed E-state index contributed by atoms with van der Waals surface area (Å²) < 4.78 is 0. The van der Waals surface area contributed by atoms with Crippen molar-refractivity contribution in [2.24, 2.45) is 5.73 Å². The second-order valence-corrected chi connectivity index (χ2v) is 6.74.